The number of ether oxygens (including phenoxy) is 1. The summed E-state index contributed by atoms with van der Waals surface area (Å²) in [4.78, 5) is 36.5. The minimum atomic E-state index is -0.924. The first-order valence-corrected chi connectivity index (χ1v) is 10.9. The van der Waals surface area contributed by atoms with Crippen molar-refractivity contribution in [1.29, 1.82) is 0 Å². The predicted molar refractivity (Wildman–Crippen MR) is 121 cm³/mol. The normalized spacial score (nSPS) is 11.8. The standard InChI is InChI=1S/C23H41N3O4/c1-6-8-10-11-12-13-14-15-16-20(27)25-19(21(28)24-17-9-7-2)18-30-22(29)26-23(3,4)5/h6-7,19H,1-2,8-18H2,3-5H3,(H,24,28)(H,25,27)(H,26,29)/t19-/m0/s1. The van der Waals surface area contributed by atoms with Gasteiger partial charge < -0.3 is 20.7 Å². The van der Waals surface area contributed by atoms with Crippen LogP contribution in [0.25, 0.3) is 0 Å². The van der Waals surface area contributed by atoms with E-state index in [0.717, 1.165) is 38.5 Å². The summed E-state index contributed by atoms with van der Waals surface area (Å²) in [5.74, 6) is -0.596. The Morgan fingerprint density at radius 2 is 1.53 bits per heavy atom. The van der Waals surface area contributed by atoms with E-state index in [-0.39, 0.29) is 18.4 Å². The van der Waals surface area contributed by atoms with Gasteiger partial charge in [-0.1, -0.05) is 37.8 Å². The molecule has 30 heavy (non-hydrogen) atoms. The van der Waals surface area contributed by atoms with Crippen LogP contribution >= 0.6 is 0 Å². The number of hydrogen-bond donors (Lipinski definition) is 3. The van der Waals surface area contributed by atoms with Crippen molar-refractivity contribution in [3.05, 3.63) is 25.3 Å². The smallest absolute Gasteiger partial charge is 0.407 e. The van der Waals surface area contributed by atoms with Crippen molar-refractivity contribution >= 4 is 17.9 Å². The summed E-state index contributed by atoms with van der Waals surface area (Å²) in [6, 6.07) is -0.924. The molecule has 0 rings (SSSR count). The maximum absolute atomic E-state index is 12.4. The number of hydrogen-bond acceptors (Lipinski definition) is 4. The maximum Gasteiger partial charge on any atom is 0.407 e. The Hall–Kier alpha value is -2.31. The molecule has 7 nitrogen and oxygen atoms in total. The van der Waals surface area contributed by atoms with Crippen LogP contribution in [0.2, 0.25) is 0 Å². The summed E-state index contributed by atoms with van der Waals surface area (Å²) in [5.41, 5.74) is -0.451. The zero-order valence-corrected chi connectivity index (χ0v) is 19.1. The number of nitrogens with one attached hydrogen (secondary N) is 3. The van der Waals surface area contributed by atoms with Gasteiger partial charge in [0.15, 0.2) is 0 Å². The van der Waals surface area contributed by atoms with Crippen LogP contribution in [0.15, 0.2) is 25.3 Å². The summed E-state index contributed by atoms with van der Waals surface area (Å²) in [7, 11) is 0. The van der Waals surface area contributed by atoms with E-state index in [1.165, 1.54) is 6.42 Å². The van der Waals surface area contributed by atoms with Crippen LogP contribution in [0.5, 0.6) is 0 Å². The molecule has 7 heteroatoms. The van der Waals surface area contributed by atoms with Crippen LogP contribution in [-0.2, 0) is 14.3 Å². The van der Waals surface area contributed by atoms with Gasteiger partial charge in [-0.25, -0.2) is 4.79 Å². The lowest BCUT2D eigenvalue weighted by Crippen LogP contribution is -2.51. The molecule has 172 valence electrons. The second-order valence-electron chi connectivity index (χ2n) is 8.41. The maximum atomic E-state index is 12.4. The lowest BCUT2D eigenvalue weighted by molar-refractivity contribution is -0.130. The number of rotatable bonds is 16. The fraction of sp³-hybridized carbons (Fsp3) is 0.696. The number of carbonyl (C=O) groups is 3. The van der Waals surface area contributed by atoms with Crippen LogP contribution < -0.4 is 16.0 Å². The summed E-state index contributed by atoms with van der Waals surface area (Å²) in [6.07, 6.45) is 11.3. The molecule has 1 atom stereocenters. The van der Waals surface area contributed by atoms with Crippen LogP contribution in [0.1, 0.15) is 78.6 Å². The SMILES string of the molecule is C=CCCCCCCCCC(=O)N[C@@H](COC(=O)NC(C)(C)C)C(=O)NCCC=C. The van der Waals surface area contributed by atoms with E-state index >= 15 is 0 Å². The second-order valence-corrected chi connectivity index (χ2v) is 8.41. The molecular formula is C23H41N3O4. The van der Waals surface area contributed by atoms with Gasteiger partial charge >= 0.3 is 6.09 Å². The third-order valence-corrected chi connectivity index (χ3v) is 4.22. The van der Waals surface area contributed by atoms with E-state index in [0.29, 0.717) is 19.4 Å². The lowest BCUT2D eigenvalue weighted by Gasteiger charge is -2.22. The van der Waals surface area contributed by atoms with Crippen LogP contribution in [0, 0.1) is 0 Å². The van der Waals surface area contributed by atoms with Gasteiger partial charge in [-0.2, -0.15) is 0 Å². The molecule has 0 aliphatic rings. The van der Waals surface area contributed by atoms with Gasteiger partial charge in [0.1, 0.15) is 12.6 Å². The topological polar surface area (TPSA) is 96.5 Å². The van der Waals surface area contributed by atoms with Crippen molar-refractivity contribution in [2.45, 2.75) is 90.1 Å². The van der Waals surface area contributed by atoms with Crippen LogP contribution in [-0.4, -0.2) is 42.6 Å². The van der Waals surface area contributed by atoms with Crippen LogP contribution in [0.3, 0.4) is 0 Å². The Kier molecular flexibility index (Phi) is 15.2. The van der Waals surface area contributed by atoms with Crippen molar-refractivity contribution in [2.24, 2.45) is 0 Å². The minimum Gasteiger partial charge on any atom is -0.447 e. The molecule has 0 aliphatic carbocycles. The zero-order chi connectivity index (χ0) is 22.8. The molecule has 0 heterocycles. The molecule has 0 saturated carbocycles. The summed E-state index contributed by atoms with van der Waals surface area (Å²) >= 11 is 0. The first-order chi connectivity index (χ1) is 14.2. The molecule has 0 radical (unpaired) electrons. The molecule has 0 spiro atoms. The van der Waals surface area contributed by atoms with E-state index < -0.39 is 17.7 Å². The van der Waals surface area contributed by atoms with Crippen molar-refractivity contribution in [1.82, 2.24) is 16.0 Å². The highest BCUT2D eigenvalue weighted by Crippen LogP contribution is 2.09. The van der Waals surface area contributed by atoms with Gasteiger partial charge in [0.2, 0.25) is 11.8 Å². The summed E-state index contributed by atoms with van der Waals surface area (Å²) < 4.78 is 5.15. The minimum absolute atomic E-state index is 0.217. The number of unbranched alkanes of at least 4 members (excludes halogenated alkanes) is 6. The van der Waals surface area contributed by atoms with E-state index in [1.807, 2.05) is 26.8 Å². The fourth-order valence-electron chi connectivity index (χ4n) is 2.65. The molecule has 0 aromatic heterocycles. The molecule has 0 bridgehead atoms. The molecule has 0 aliphatic heterocycles. The quantitative estimate of drug-likeness (QED) is 0.258. The van der Waals surface area contributed by atoms with Gasteiger partial charge in [0.25, 0.3) is 0 Å². The number of allylic oxidation sites excluding steroid dienone is 1. The molecule has 0 unspecified atom stereocenters. The van der Waals surface area contributed by atoms with Gasteiger partial charge in [-0.05, 0) is 46.5 Å². The second kappa shape index (κ2) is 16.5. The molecular weight excluding hydrogens is 382 g/mol. The highest BCUT2D eigenvalue weighted by Gasteiger charge is 2.23. The Labute approximate surface area is 182 Å². The van der Waals surface area contributed by atoms with Crippen molar-refractivity contribution in [3.63, 3.8) is 0 Å². The molecule has 0 fully saturated rings. The third-order valence-electron chi connectivity index (χ3n) is 4.22. The zero-order valence-electron chi connectivity index (χ0n) is 19.1. The van der Waals surface area contributed by atoms with Crippen molar-refractivity contribution in [3.8, 4) is 0 Å². The number of carbonyl (C=O) groups excluding carboxylic acids is 3. The van der Waals surface area contributed by atoms with Gasteiger partial charge in [0, 0.05) is 18.5 Å². The first-order valence-electron chi connectivity index (χ1n) is 10.9. The van der Waals surface area contributed by atoms with Crippen LogP contribution in [0.4, 0.5) is 4.79 Å². The molecule has 3 amide bonds. The lowest BCUT2D eigenvalue weighted by atomic mass is 10.1. The Morgan fingerprint density at radius 3 is 2.13 bits per heavy atom. The van der Waals surface area contributed by atoms with Gasteiger partial charge in [-0.3, -0.25) is 9.59 Å². The molecule has 0 aromatic carbocycles. The summed E-state index contributed by atoms with van der Waals surface area (Å²) in [6.45, 7) is 13.0. The highest BCUT2D eigenvalue weighted by molar-refractivity contribution is 5.88. The summed E-state index contributed by atoms with van der Waals surface area (Å²) in [5, 5.41) is 8.07. The molecule has 0 saturated heterocycles. The van der Waals surface area contributed by atoms with E-state index in [4.69, 9.17) is 4.74 Å². The number of alkyl carbamates (subject to hydrolysis) is 1. The van der Waals surface area contributed by atoms with Gasteiger partial charge in [-0.15, -0.1) is 13.2 Å². The van der Waals surface area contributed by atoms with Crippen molar-refractivity contribution < 1.29 is 19.1 Å². The van der Waals surface area contributed by atoms with Crippen molar-refractivity contribution in [2.75, 3.05) is 13.2 Å². The Bertz CT molecular complexity index is 541. The average Bonchev–Trinajstić information content (AvgIpc) is 2.65. The highest BCUT2D eigenvalue weighted by atomic mass is 16.5. The van der Waals surface area contributed by atoms with E-state index in [2.05, 4.69) is 29.1 Å². The van der Waals surface area contributed by atoms with E-state index in [9.17, 15) is 14.4 Å². The molecule has 0 aromatic rings. The van der Waals surface area contributed by atoms with Gasteiger partial charge in [0.05, 0.1) is 0 Å². The molecule has 3 N–H and O–H groups in total. The fourth-order valence-corrected chi connectivity index (χ4v) is 2.65. The predicted octanol–water partition coefficient (Wildman–Crippen LogP) is 4.00. The average molecular weight is 424 g/mol. The monoisotopic (exact) mass is 423 g/mol. The Balaban J connectivity index is 4.41. The third kappa shape index (κ3) is 16.6. The largest absolute Gasteiger partial charge is 0.447 e. The Morgan fingerprint density at radius 1 is 0.933 bits per heavy atom. The first kappa shape index (κ1) is 27.7. The van der Waals surface area contributed by atoms with E-state index in [1.54, 1.807) is 6.08 Å². The number of amides is 3.